The molecule has 1 N–H and O–H groups in total. The Morgan fingerprint density at radius 1 is 1.08 bits per heavy atom. The van der Waals surface area contributed by atoms with Crippen LogP contribution in [0.25, 0.3) is 0 Å². The summed E-state index contributed by atoms with van der Waals surface area (Å²) in [5, 5.41) is 3.12. The topological polar surface area (TPSA) is 12.0 Å². The van der Waals surface area contributed by atoms with Gasteiger partial charge in [0, 0.05) is 12.7 Å². The van der Waals surface area contributed by atoms with Gasteiger partial charge >= 0.3 is 0 Å². The molecule has 1 rings (SSSR count). The van der Waals surface area contributed by atoms with Crippen molar-refractivity contribution in [1.82, 2.24) is 0 Å². The van der Waals surface area contributed by atoms with Gasteiger partial charge in [-0.15, -0.1) is 0 Å². The number of anilines is 1. The Bertz CT molecular complexity index is 225. The lowest BCUT2D eigenvalue weighted by Gasteiger charge is -2.02. The van der Waals surface area contributed by atoms with Gasteiger partial charge in [-0.2, -0.15) is 0 Å². The van der Waals surface area contributed by atoms with Gasteiger partial charge in [0.2, 0.25) is 0 Å². The van der Waals surface area contributed by atoms with Gasteiger partial charge in [-0.3, -0.25) is 0 Å². The quantitative estimate of drug-likeness (QED) is 0.679. The van der Waals surface area contributed by atoms with Crippen molar-refractivity contribution in [2.75, 3.05) is 12.4 Å². The molecule has 0 aliphatic rings. The van der Waals surface area contributed by atoms with E-state index in [4.69, 9.17) is 0 Å². The van der Waals surface area contributed by atoms with E-state index >= 15 is 0 Å². The summed E-state index contributed by atoms with van der Waals surface area (Å²) in [5.41, 5.74) is 2.65. The van der Waals surface area contributed by atoms with Crippen molar-refractivity contribution in [1.29, 1.82) is 0 Å². The average molecular weight is 177 g/mol. The molecule has 0 spiro atoms. The molecular weight excluding hydrogens is 158 g/mol. The SMILES string of the molecule is CCCCCc1ccc(NC)cc1. The van der Waals surface area contributed by atoms with Crippen LogP contribution in [0.15, 0.2) is 24.3 Å². The number of hydrogen-bond donors (Lipinski definition) is 1. The van der Waals surface area contributed by atoms with Gasteiger partial charge in [0.25, 0.3) is 0 Å². The fraction of sp³-hybridized carbons (Fsp3) is 0.500. The molecule has 1 nitrogen and oxygen atoms in total. The third-order valence-electron chi connectivity index (χ3n) is 2.31. The van der Waals surface area contributed by atoms with Gasteiger partial charge in [0.15, 0.2) is 0 Å². The van der Waals surface area contributed by atoms with Crippen molar-refractivity contribution in [2.24, 2.45) is 0 Å². The Morgan fingerprint density at radius 3 is 2.31 bits per heavy atom. The van der Waals surface area contributed by atoms with Crippen LogP contribution in [0.1, 0.15) is 31.7 Å². The summed E-state index contributed by atoms with van der Waals surface area (Å²) < 4.78 is 0. The Kier molecular flexibility index (Phi) is 4.37. The van der Waals surface area contributed by atoms with Crippen molar-refractivity contribution >= 4 is 5.69 Å². The number of nitrogens with one attached hydrogen (secondary N) is 1. The van der Waals surface area contributed by atoms with Crippen molar-refractivity contribution < 1.29 is 0 Å². The van der Waals surface area contributed by atoms with Crippen LogP contribution in [-0.2, 0) is 6.42 Å². The Balaban J connectivity index is 2.40. The highest BCUT2D eigenvalue weighted by molar-refractivity contribution is 5.43. The van der Waals surface area contributed by atoms with Gasteiger partial charge < -0.3 is 5.32 Å². The lowest BCUT2D eigenvalue weighted by atomic mass is 10.1. The molecule has 0 unspecified atom stereocenters. The minimum Gasteiger partial charge on any atom is -0.388 e. The summed E-state index contributed by atoms with van der Waals surface area (Å²) in [4.78, 5) is 0. The molecule has 0 aliphatic carbocycles. The second-order valence-corrected chi connectivity index (χ2v) is 3.40. The van der Waals surface area contributed by atoms with E-state index in [1.165, 1.54) is 36.9 Å². The van der Waals surface area contributed by atoms with E-state index in [1.807, 2.05) is 7.05 Å². The number of hydrogen-bond acceptors (Lipinski definition) is 1. The highest BCUT2D eigenvalue weighted by atomic mass is 14.8. The predicted molar refractivity (Wildman–Crippen MR) is 59.2 cm³/mol. The van der Waals surface area contributed by atoms with Crippen molar-refractivity contribution in [2.45, 2.75) is 32.6 Å². The molecule has 0 saturated carbocycles. The largest absolute Gasteiger partial charge is 0.388 e. The zero-order valence-corrected chi connectivity index (χ0v) is 8.64. The highest BCUT2D eigenvalue weighted by Gasteiger charge is 1.92. The molecule has 0 saturated heterocycles. The second kappa shape index (κ2) is 5.63. The summed E-state index contributed by atoms with van der Waals surface area (Å²) in [5.74, 6) is 0. The van der Waals surface area contributed by atoms with E-state index in [9.17, 15) is 0 Å². The van der Waals surface area contributed by atoms with Crippen molar-refractivity contribution in [3.8, 4) is 0 Å². The van der Waals surface area contributed by atoms with Crippen LogP contribution in [0.2, 0.25) is 0 Å². The van der Waals surface area contributed by atoms with E-state index < -0.39 is 0 Å². The number of benzene rings is 1. The molecular formula is C12H19N. The van der Waals surface area contributed by atoms with Crippen LogP contribution < -0.4 is 5.32 Å². The maximum atomic E-state index is 3.12. The molecule has 0 aromatic heterocycles. The molecule has 72 valence electrons. The maximum absolute atomic E-state index is 3.12. The van der Waals surface area contributed by atoms with E-state index in [-0.39, 0.29) is 0 Å². The van der Waals surface area contributed by atoms with E-state index in [1.54, 1.807) is 0 Å². The fourth-order valence-corrected chi connectivity index (χ4v) is 1.42. The molecule has 0 bridgehead atoms. The molecule has 1 aromatic rings. The summed E-state index contributed by atoms with van der Waals surface area (Å²) >= 11 is 0. The summed E-state index contributed by atoms with van der Waals surface area (Å²) in [6.07, 6.45) is 5.18. The van der Waals surface area contributed by atoms with Crippen LogP contribution in [0.3, 0.4) is 0 Å². The molecule has 0 amide bonds. The monoisotopic (exact) mass is 177 g/mol. The van der Waals surface area contributed by atoms with E-state index in [0.29, 0.717) is 0 Å². The first-order valence-corrected chi connectivity index (χ1v) is 5.13. The first kappa shape index (κ1) is 10.1. The zero-order valence-electron chi connectivity index (χ0n) is 8.64. The number of rotatable bonds is 5. The van der Waals surface area contributed by atoms with Crippen LogP contribution in [0.5, 0.6) is 0 Å². The third kappa shape index (κ3) is 3.49. The first-order chi connectivity index (χ1) is 6.36. The first-order valence-electron chi connectivity index (χ1n) is 5.13. The standard InChI is InChI=1S/C12H19N/c1-3-4-5-6-11-7-9-12(13-2)10-8-11/h7-10,13H,3-6H2,1-2H3. The normalized spacial score (nSPS) is 10.0. The van der Waals surface area contributed by atoms with Gasteiger partial charge in [0.1, 0.15) is 0 Å². The van der Waals surface area contributed by atoms with Crippen LogP contribution in [0.4, 0.5) is 5.69 Å². The highest BCUT2D eigenvalue weighted by Crippen LogP contribution is 2.11. The molecule has 0 atom stereocenters. The van der Waals surface area contributed by atoms with Gasteiger partial charge in [-0.05, 0) is 30.5 Å². The van der Waals surface area contributed by atoms with Gasteiger partial charge in [-0.1, -0.05) is 31.9 Å². The smallest absolute Gasteiger partial charge is 0.0337 e. The predicted octanol–water partition coefficient (Wildman–Crippen LogP) is 3.46. The number of aryl methyl sites for hydroxylation is 1. The minimum atomic E-state index is 1.19. The summed E-state index contributed by atoms with van der Waals surface area (Å²) in [6.45, 7) is 2.24. The molecule has 1 heteroatoms. The molecule has 0 heterocycles. The maximum Gasteiger partial charge on any atom is 0.0337 e. The minimum absolute atomic E-state index is 1.19. The summed E-state index contributed by atoms with van der Waals surface area (Å²) in [6, 6.07) is 8.70. The van der Waals surface area contributed by atoms with Crippen LogP contribution in [-0.4, -0.2) is 7.05 Å². The van der Waals surface area contributed by atoms with Crippen LogP contribution in [0, 0.1) is 0 Å². The van der Waals surface area contributed by atoms with Gasteiger partial charge in [0.05, 0.1) is 0 Å². The Morgan fingerprint density at radius 2 is 1.77 bits per heavy atom. The van der Waals surface area contributed by atoms with Crippen molar-refractivity contribution in [3.63, 3.8) is 0 Å². The third-order valence-corrected chi connectivity index (χ3v) is 2.31. The van der Waals surface area contributed by atoms with Crippen LogP contribution >= 0.6 is 0 Å². The molecule has 0 radical (unpaired) electrons. The lowest BCUT2D eigenvalue weighted by Crippen LogP contribution is -1.89. The van der Waals surface area contributed by atoms with Crippen molar-refractivity contribution in [3.05, 3.63) is 29.8 Å². The Hall–Kier alpha value is -0.980. The van der Waals surface area contributed by atoms with Gasteiger partial charge in [-0.25, -0.2) is 0 Å². The summed E-state index contributed by atoms with van der Waals surface area (Å²) in [7, 11) is 1.95. The second-order valence-electron chi connectivity index (χ2n) is 3.40. The molecule has 0 aliphatic heterocycles. The lowest BCUT2D eigenvalue weighted by molar-refractivity contribution is 0.717. The average Bonchev–Trinajstić information content (AvgIpc) is 2.19. The molecule has 0 fully saturated rings. The Labute approximate surface area is 81.2 Å². The van der Waals surface area contributed by atoms with E-state index in [2.05, 4.69) is 36.5 Å². The molecule has 13 heavy (non-hydrogen) atoms. The number of unbranched alkanes of at least 4 members (excludes halogenated alkanes) is 2. The fourth-order valence-electron chi connectivity index (χ4n) is 1.42. The molecule has 1 aromatic carbocycles. The van der Waals surface area contributed by atoms with E-state index in [0.717, 1.165) is 0 Å². The zero-order chi connectivity index (χ0) is 9.52.